The molecule has 0 aromatic carbocycles. The van der Waals surface area contributed by atoms with Gasteiger partial charge in [0.05, 0.1) is 18.8 Å². The minimum absolute atomic E-state index is 0.229. The van der Waals surface area contributed by atoms with Crippen LogP contribution in [0, 0.1) is 0 Å². The average molecular weight is 244 g/mol. The molecule has 0 radical (unpaired) electrons. The monoisotopic (exact) mass is 244 g/mol. The van der Waals surface area contributed by atoms with E-state index < -0.39 is 0 Å². The van der Waals surface area contributed by atoms with E-state index in [1.165, 1.54) is 5.56 Å². The third-order valence-electron chi connectivity index (χ3n) is 2.54. The summed E-state index contributed by atoms with van der Waals surface area (Å²) in [5.41, 5.74) is 4.21. The summed E-state index contributed by atoms with van der Waals surface area (Å²) in [5, 5.41) is 4.26. The molecule has 2 heterocycles. The van der Waals surface area contributed by atoms with Crippen LogP contribution >= 0.6 is 23.1 Å². The molecule has 0 spiro atoms. The Kier molecular flexibility index (Phi) is 4.46. The van der Waals surface area contributed by atoms with Crippen molar-refractivity contribution in [3.8, 4) is 0 Å². The van der Waals surface area contributed by atoms with Crippen LogP contribution in [-0.2, 0) is 11.2 Å². The minimum Gasteiger partial charge on any atom is -0.375 e. The Balaban J connectivity index is 1.91. The fraction of sp³-hybridized carbons (Fsp3) is 0.600. The van der Waals surface area contributed by atoms with Gasteiger partial charge in [-0.1, -0.05) is 0 Å². The lowest BCUT2D eigenvalue weighted by molar-refractivity contribution is 0.0472. The van der Waals surface area contributed by atoms with E-state index in [0.29, 0.717) is 0 Å². The van der Waals surface area contributed by atoms with Crippen LogP contribution in [0.25, 0.3) is 0 Å². The molecule has 1 saturated heterocycles. The van der Waals surface area contributed by atoms with Gasteiger partial charge in [-0.3, -0.25) is 11.3 Å². The standard InChI is InChI=1S/C10H16N2OS2/c11-12-9(5-8-1-3-14-6-8)10-7-15-4-2-13-10/h1,3,6,9-10,12H,2,4-5,7,11H2. The van der Waals surface area contributed by atoms with Gasteiger partial charge in [0, 0.05) is 11.5 Å². The highest BCUT2D eigenvalue weighted by Crippen LogP contribution is 2.18. The van der Waals surface area contributed by atoms with Gasteiger partial charge in [0.1, 0.15) is 0 Å². The zero-order chi connectivity index (χ0) is 10.5. The zero-order valence-electron chi connectivity index (χ0n) is 8.52. The summed E-state index contributed by atoms with van der Waals surface area (Å²) in [4.78, 5) is 0. The van der Waals surface area contributed by atoms with Crippen molar-refractivity contribution in [3.63, 3.8) is 0 Å². The summed E-state index contributed by atoms with van der Waals surface area (Å²) in [7, 11) is 0. The minimum atomic E-state index is 0.229. The third-order valence-corrected chi connectivity index (χ3v) is 4.29. The second-order valence-electron chi connectivity index (χ2n) is 3.59. The molecule has 84 valence electrons. The molecule has 3 nitrogen and oxygen atoms in total. The molecule has 1 aromatic rings. The van der Waals surface area contributed by atoms with E-state index in [4.69, 9.17) is 10.6 Å². The van der Waals surface area contributed by atoms with Crippen molar-refractivity contribution in [3.05, 3.63) is 22.4 Å². The Morgan fingerprint density at radius 2 is 2.60 bits per heavy atom. The van der Waals surface area contributed by atoms with Crippen LogP contribution in [0.15, 0.2) is 16.8 Å². The summed E-state index contributed by atoms with van der Waals surface area (Å²) >= 11 is 3.67. The molecule has 2 unspecified atom stereocenters. The summed E-state index contributed by atoms with van der Waals surface area (Å²) in [6.45, 7) is 0.844. The number of ether oxygens (including phenoxy) is 1. The number of nitrogens with two attached hydrogens (primary N) is 1. The van der Waals surface area contributed by atoms with Crippen molar-refractivity contribution in [1.82, 2.24) is 5.43 Å². The Morgan fingerprint density at radius 1 is 1.67 bits per heavy atom. The summed E-state index contributed by atoms with van der Waals surface area (Å²) in [6.07, 6.45) is 1.19. The van der Waals surface area contributed by atoms with Crippen LogP contribution in [0.2, 0.25) is 0 Å². The molecule has 0 bridgehead atoms. The number of hydrogen-bond donors (Lipinski definition) is 2. The lowest BCUT2D eigenvalue weighted by Crippen LogP contribution is -2.49. The fourth-order valence-electron chi connectivity index (χ4n) is 1.70. The molecular weight excluding hydrogens is 228 g/mol. The number of hydrazine groups is 1. The van der Waals surface area contributed by atoms with Crippen LogP contribution in [0.1, 0.15) is 5.56 Å². The zero-order valence-corrected chi connectivity index (χ0v) is 10.2. The number of thiophene rings is 1. The SMILES string of the molecule is NNC(Cc1ccsc1)C1CSCCO1. The maximum atomic E-state index is 5.72. The van der Waals surface area contributed by atoms with Gasteiger partial charge in [-0.05, 0) is 28.8 Å². The molecule has 0 aliphatic carbocycles. The first-order valence-corrected chi connectivity index (χ1v) is 7.16. The molecule has 5 heteroatoms. The third kappa shape index (κ3) is 3.19. The van der Waals surface area contributed by atoms with Crippen molar-refractivity contribution >= 4 is 23.1 Å². The van der Waals surface area contributed by atoms with E-state index >= 15 is 0 Å². The van der Waals surface area contributed by atoms with Crippen molar-refractivity contribution < 1.29 is 4.74 Å². The van der Waals surface area contributed by atoms with Gasteiger partial charge in [-0.25, -0.2) is 0 Å². The van der Waals surface area contributed by atoms with Crippen LogP contribution in [0.4, 0.5) is 0 Å². The van der Waals surface area contributed by atoms with Crippen LogP contribution < -0.4 is 11.3 Å². The van der Waals surface area contributed by atoms with Crippen LogP contribution in [0.3, 0.4) is 0 Å². The van der Waals surface area contributed by atoms with Crippen molar-refractivity contribution in [2.75, 3.05) is 18.1 Å². The van der Waals surface area contributed by atoms with E-state index in [-0.39, 0.29) is 12.1 Å². The van der Waals surface area contributed by atoms with Crippen molar-refractivity contribution in [2.24, 2.45) is 5.84 Å². The molecule has 3 N–H and O–H groups in total. The molecule has 0 saturated carbocycles. The number of rotatable bonds is 4. The normalized spacial score (nSPS) is 23.9. The number of thioether (sulfide) groups is 1. The van der Waals surface area contributed by atoms with Gasteiger partial charge < -0.3 is 4.74 Å². The lowest BCUT2D eigenvalue weighted by atomic mass is 10.1. The first kappa shape index (κ1) is 11.4. The topological polar surface area (TPSA) is 47.3 Å². The Bertz CT molecular complexity index is 273. The van der Waals surface area contributed by atoms with Crippen LogP contribution in [0.5, 0.6) is 0 Å². The Hall–Kier alpha value is -0.0700. The maximum absolute atomic E-state index is 5.72. The predicted octanol–water partition coefficient (Wildman–Crippen LogP) is 1.25. The molecule has 0 amide bonds. The Morgan fingerprint density at radius 3 is 3.20 bits per heavy atom. The number of nitrogens with one attached hydrogen (secondary N) is 1. The molecule has 1 aromatic heterocycles. The molecular formula is C10H16N2OS2. The second kappa shape index (κ2) is 5.86. The van der Waals surface area contributed by atoms with E-state index in [1.54, 1.807) is 11.3 Å². The molecule has 2 atom stereocenters. The van der Waals surface area contributed by atoms with E-state index in [9.17, 15) is 0 Å². The number of hydrogen-bond acceptors (Lipinski definition) is 5. The summed E-state index contributed by atoms with van der Waals surface area (Å²) < 4.78 is 5.72. The van der Waals surface area contributed by atoms with Gasteiger partial charge in [0.25, 0.3) is 0 Å². The first-order valence-electron chi connectivity index (χ1n) is 5.06. The van der Waals surface area contributed by atoms with Crippen LogP contribution in [-0.4, -0.2) is 30.3 Å². The quantitative estimate of drug-likeness (QED) is 0.618. The first-order chi connectivity index (χ1) is 7.40. The van der Waals surface area contributed by atoms with Gasteiger partial charge in [0.2, 0.25) is 0 Å². The lowest BCUT2D eigenvalue weighted by Gasteiger charge is -2.29. The molecule has 15 heavy (non-hydrogen) atoms. The van der Waals surface area contributed by atoms with Gasteiger partial charge >= 0.3 is 0 Å². The predicted molar refractivity (Wildman–Crippen MR) is 66.2 cm³/mol. The molecule has 1 aliphatic heterocycles. The highest BCUT2D eigenvalue weighted by molar-refractivity contribution is 7.99. The van der Waals surface area contributed by atoms with E-state index in [2.05, 4.69) is 22.3 Å². The van der Waals surface area contributed by atoms with Gasteiger partial charge in [-0.15, -0.1) is 0 Å². The van der Waals surface area contributed by atoms with Crippen molar-refractivity contribution in [1.29, 1.82) is 0 Å². The second-order valence-corrected chi connectivity index (χ2v) is 5.52. The highest BCUT2D eigenvalue weighted by atomic mass is 32.2. The van der Waals surface area contributed by atoms with Crippen molar-refractivity contribution in [2.45, 2.75) is 18.6 Å². The summed E-state index contributed by atoms with van der Waals surface area (Å²) in [5.74, 6) is 7.73. The van der Waals surface area contributed by atoms with Gasteiger partial charge in [-0.2, -0.15) is 23.1 Å². The fourth-order valence-corrected chi connectivity index (χ4v) is 3.32. The average Bonchev–Trinajstić information content (AvgIpc) is 2.80. The van der Waals surface area contributed by atoms with E-state index in [0.717, 1.165) is 24.5 Å². The molecule has 1 aliphatic rings. The Labute approximate surface area is 98.4 Å². The smallest absolute Gasteiger partial charge is 0.0835 e. The van der Waals surface area contributed by atoms with E-state index in [1.807, 2.05) is 11.8 Å². The summed E-state index contributed by atoms with van der Waals surface area (Å²) in [6, 6.07) is 2.37. The van der Waals surface area contributed by atoms with Gasteiger partial charge in [0.15, 0.2) is 0 Å². The molecule has 1 fully saturated rings. The highest BCUT2D eigenvalue weighted by Gasteiger charge is 2.24. The largest absolute Gasteiger partial charge is 0.375 e. The molecule has 2 rings (SSSR count). The maximum Gasteiger partial charge on any atom is 0.0835 e.